The second kappa shape index (κ2) is 3.94. The number of para-hydroxylation sites is 1. The minimum atomic E-state index is -1.06. The molecular formula is C11H11NO4. The number of carboxylic acid groups (broad SMARTS) is 1. The Kier molecular flexibility index (Phi) is 2.62. The Bertz CT molecular complexity index is 417. The zero-order valence-electron chi connectivity index (χ0n) is 8.66. The first-order chi connectivity index (χ1) is 7.66. The quantitative estimate of drug-likeness (QED) is 0.755. The number of methoxy groups -OCH3 is 1. The monoisotopic (exact) mass is 221 g/mol. The van der Waals surface area contributed by atoms with Crippen LogP contribution >= 0.6 is 0 Å². The van der Waals surface area contributed by atoms with Gasteiger partial charge in [0.25, 0.3) is 5.91 Å². The van der Waals surface area contributed by atoms with Gasteiger partial charge in [-0.15, -0.1) is 0 Å². The molecule has 2 atom stereocenters. The first kappa shape index (κ1) is 10.6. The number of nitrogens with zero attached hydrogens (tertiary/aromatic N) is 1. The van der Waals surface area contributed by atoms with Crippen LogP contribution in [-0.4, -0.2) is 36.2 Å². The number of hydrogen-bond acceptors (Lipinski definition) is 3. The summed E-state index contributed by atoms with van der Waals surface area (Å²) in [6.45, 7) is 0. The van der Waals surface area contributed by atoms with Crippen molar-refractivity contribution in [1.29, 1.82) is 0 Å². The Balaban J connectivity index is 2.29. The Labute approximate surface area is 92.2 Å². The SMILES string of the molecule is COC1C(=O)N(c2ccccc2)C1C(=O)O. The van der Waals surface area contributed by atoms with Gasteiger partial charge in [-0.05, 0) is 12.1 Å². The number of amides is 1. The molecule has 0 saturated carbocycles. The molecule has 2 rings (SSSR count). The molecule has 0 aliphatic carbocycles. The first-order valence-corrected chi connectivity index (χ1v) is 4.80. The van der Waals surface area contributed by atoms with Crippen molar-refractivity contribution in [1.82, 2.24) is 0 Å². The Morgan fingerprint density at radius 2 is 2.00 bits per heavy atom. The van der Waals surface area contributed by atoms with E-state index in [0.717, 1.165) is 0 Å². The van der Waals surface area contributed by atoms with Gasteiger partial charge in [0.15, 0.2) is 12.1 Å². The number of rotatable bonds is 3. The average Bonchev–Trinajstić information content (AvgIpc) is 2.27. The summed E-state index contributed by atoms with van der Waals surface area (Å²) in [5, 5.41) is 9.01. The lowest BCUT2D eigenvalue weighted by Gasteiger charge is -2.43. The normalized spacial score (nSPS) is 24.1. The van der Waals surface area contributed by atoms with E-state index in [0.29, 0.717) is 5.69 Å². The molecule has 0 radical (unpaired) electrons. The fourth-order valence-electron chi connectivity index (χ4n) is 1.81. The minimum absolute atomic E-state index is 0.318. The maximum absolute atomic E-state index is 11.6. The number of carboxylic acids is 1. The van der Waals surface area contributed by atoms with Gasteiger partial charge >= 0.3 is 5.97 Å². The van der Waals surface area contributed by atoms with Gasteiger partial charge in [-0.2, -0.15) is 0 Å². The molecule has 1 aliphatic rings. The lowest BCUT2D eigenvalue weighted by atomic mass is 9.97. The fourth-order valence-corrected chi connectivity index (χ4v) is 1.81. The van der Waals surface area contributed by atoms with Crippen LogP contribution in [0.5, 0.6) is 0 Å². The molecule has 1 aliphatic heterocycles. The molecular weight excluding hydrogens is 210 g/mol. The summed E-state index contributed by atoms with van der Waals surface area (Å²) in [6, 6.07) is 7.76. The summed E-state index contributed by atoms with van der Waals surface area (Å²) >= 11 is 0. The molecule has 0 aromatic heterocycles. The second-order valence-electron chi connectivity index (χ2n) is 3.48. The molecule has 1 N–H and O–H groups in total. The number of ether oxygens (including phenoxy) is 1. The minimum Gasteiger partial charge on any atom is -0.480 e. The molecule has 16 heavy (non-hydrogen) atoms. The van der Waals surface area contributed by atoms with Crippen molar-refractivity contribution in [2.24, 2.45) is 0 Å². The standard InChI is InChI=1S/C11H11NO4/c1-16-9-8(11(14)15)12(10(9)13)7-5-3-2-4-6-7/h2-6,8-9H,1H3,(H,14,15). The van der Waals surface area contributed by atoms with Crippen LogP contribution in [0, 0.1) is 0 Å². The van der Waals surface area contributed by atoms with E-state index < -0.39 is 18.1 Å². The van der Waals surface area contributed by atoms with Crippen molar-refractivity contribution >= 4 is 17.6 Å². The van der Waals surface area contributed by atoms with Gasteiger partial charge in [-0.3, -0.25) is 9.69 Å². The van der Waals surface area contributed by atoms with Crippen LogP contribution < -0.4 is 4.90 Å². The Morgan fingerprint density at radius 3 is 2.50 bits per heavy atom. The summed E-state index contributed by atoms with van der Waals surface area (Å²) in [7, 11) is 1.33. The molecule has 1 fully saturated rings. The van der Waals surface area contributed by atoms with Crippen molar-refractivity contribution < 1.29 is 19.4 Å². The molecule has 1 aromatic carbocycles. The van der Waals surface area contributed by atoms with E-state index in [4.69, 9.17) is 9.84 Å². The van der Waals surface area contributed by atoms with Gasteiger partial charge in [0, 0.05) is 12.8 Å². The average molecular weight is 221 g/mol. The second-order valence-corrected chi connectivity index (χ2v) is 3.48. The predicted octanol–water partition coefficient (Wildman–Crippen LogP) is 0.501. The van der Waals surface area contributed by atoms with Gasteiger partial charge < -0.3 is 9.84 Å². The van der Waals surface area contributed by atoms with Crippen LogP contribution in [0.25, 0.3) is 0 Å². The molecule has 1 saturated heterocycles. The number of benzene rings is 1. The summed E-state index contributed by atoms with van der Waals surface area (Å²) in [5.41, 5.74) is 0.577. The van der Waals surface area contributed by atoms with E-state index in [1.54, 1.807) is 30.3 Å². The topological polar surface area (TPSA) is 66.8 Å². The predicted molar refractivity (Wildman–Crippen MR) is 56.1 cm³/mol. The first-order valence-electron chi connectivity index (χ1n) is 4.80. The van der Waals surface area contributed by atoms with E-state index in [9.17, 15) is 9.59 Å². The lowest BCUT2D eigenvalue weighted by molar-refractivity contribution is -0.155. The third-order valence-corrected chi connectivity index (χ3v) is 2.59. The van der Waals surface area contributed by atoms with Crippen molar-refractivity contribution in [3.05, 3.63) is 30.3 Å². The lowest BCUT2D eigenvalue weighted by Crippen LogP contribution is -2.69. The molecule has 84 valence electrons. The Morgan fingerprint density at radius 1 is 1.38 bits per heavy atom. The molecule has 1 aromatic rings. The van der Waals surface area contributed by atoms with E-state index in [2.05, 4.69) is 0 Å². The van der Waals surface area contributed by atoms with Crippen molar-refractivity contribution in [2.75, 3.05) is 12.0 Å². The summed E-state index contributed by atoms with van der Waals surface area (Å²) in [4.78, 5) is 23.9. The van der Waals surface area contributed by atoms with Crippen LogP contribution in [0.1, 0.15) is 0 Å². The Hall–Kier alpha value is -1.88. The van der Waals surface area contributed by atoms with E-state index in [1.165, 1.54) is 12.0 Å². The zero-order chi connectivity index (χ0) is 11.7. The molecule has 5 heteroatoms. The van der Waals surface area contributed by atoms with Gasteiger partial charge in [0.1, 0.15) is 0 Å². The molecule has 0 bridgehead atoms. The van der Waals surface area contributed by atoms with Crippen LogP contribution in [0.3, 0.4) is 0 Å². The van der Waals surface area contributed by atoms with Crippen LogP contribution in [-0.2, 0) is 14.3 Å². The smallest absolute Gasteiger partial charge is 0.330 e. The number of aliphatic carboxylic acids is 1. The third-order valence-electron chi connectivity index (χ3n) is 2.59. The van der Waals surface area contributed by atoms with Crippen LogP contribution in [0.4, 0.5) is 5.69 Å². The van der Waals surface area contributed by atoms with E-state index >= 15 is 0 Å². The summed E-state index contributed by atoms with van der Waals surface area (Å²) in [6.07, 6.45) is -0.877. The number of β-lactam (4-membered cyclic amide) rings is 1. The van der Waals surface area contributed by atoms with E-state index in [-0.39, 0.29) is 5.91 Å². The number of carbonyl (C=O) groups excluding carboxylic acids is 1. The maximum atomic E-state index is 11.6. The molecule has 5 nitrogen and oxygen atoms in total. The summed E-state index contributed by atoms with van der Waals surface area (Å²) < 4.78 is 4.85. The number of anilines is 1. The maximum Gasteiger partial charge on any atom is 0.330 e. The zero-order valence-corrected chi connectivity index (χ0v) is 8.66. The third kappa shape index (κ3) is 1.45. The van der Waals surface area contributed by atoms with Crippen LogP contribution in [0.15, 0.2) is 30.3 Å². The molecule has 0 spiro atoms. The van der Waals surface area contributed by atoms with Crippen molar-refractivity contribution in [3.8, 4) is 0 Å². The molecule has 2 unspecified atom stereocenters. The highest BCUT2D eigenvalue weighted by atomic mass is 16.5. The number of carbonyl (C=O) groups is 2. The highest BCUT2D eigenvalue weighted by Crippen LogP contribution is 2.29. The largest absolute Gasteiger partial charge is 0.480 e. The highest BCUT2D eigenvalue weighted by Gasteiger charge is 2.53. The van der Waals surface area contributed by atoms with Crippen molar-refractivity contribution in [2.45, 2.75) is 12.1 Å². The van der Waals surface area contributed by atoms with Crippen LogP contribution in [0.2, 0.25) is 0 Å². The highest BCUT2D eigenvalue weighted by molar-refractivity contribution is 6.12. The molecule has 1 heterocycles. The fraction of sp³-hybridized carbons (Fsp3) is 0.273. The van der Waals surface area contributed by atoms with Gasteiger partial charge in [-0.1, -0.05) is 18.2 Å². The summed E-state index contributed by atoms with van der Waals surface area (Å²) in [5.74, 6) is -1.38. The van der Waals surface area contributed by atoms with E-state index in [1.807, 2.05) is 0 Å². The van der Waals surface area contributed by atoms with Gasteiger partial charge in [-0.25, -0.2) is 4.79 Å². The van der Waals surface area contributed by atoms with Gasteiger partial charge in [0.2, 0.25) is 0 Å². The van der Waals surface area contributed by atoms with Gasteiger partial charge in [0.05, 0.1) is 0 Å². The van der Waals surface area contributed by atoms with Crippen molar-refractivity contribution in [3.63, 3.8) is 0 Å². The molecule has 1 amide bonds. The number of hydrogen-bond donors (Lipinski definition) is 1.